The molecule has 2 aromatic heterocycles. The molecule has 2 aromatic carbocycles. The summed E-state index contributed by atoms with van der Waals surface area (Å²) in [5.74, 6) is -0.232. The second kappa shape index (κ2) is 7.09. The van der Waals surface area contributed by atoms with Crippen molar-refractivity contribution in [1.29, 1.82) is 0 Å². The fourth-order valence-electron chi connectivity index (χ4n) is 4.37. The summed E-state index contributed by atoms with van der Waals surface area (Å²) >= 11 is 0. The summed E-state index contributed by atoms with van der Waals surface area (Å²) in [5, 5.41) is 10.5. The van der Waals surface area contributed by atoms with Crippen molar-refractivity contribution in [2.75, 3.05) is 0 Å². The number of benzene rings is 2. The summed E-state index contributed by atoms with van der Waals surface area (Å²) < 4.78 is 6.06. The predicted octanol–water partition coefficient (Wildman–Crippen LogP) is 4.26. The SMILES string of the molecule is Cc1cc(C)c2oc3c(c(=O)c2c1)[C@H](c1cccc(O)c1)N(Cc1cccnc1)C3=O. The lowest BCUT2D eigenvalue weighted by Gasteiger charge is -2.25. The third kappa shape index (κ3) is 3.08. The molecule has 0 fully saturated rings. The number of aromatic nitrogens is 1. The minimum atomic E-state index is -0.670. The number of pyridine rings is 1. The number of carbonyl (C=O) groups is 1. The van der Waals surface area contributed by atoms with Gasteiger partial charge in [-0.15, -0.1) is 0 Å². The van der Waals surface area contributed by atoms with Gasteiger partial charge in [0.1, 0.15) is 11.3 Å². The molecule has 0 unspecified atom stereocenters. The van der Waals surface area contributed by atoms with Crippen LogP contribution in [0.2, 0.25) is 0 Å². The van der Waals surface area contributed by atoms with Crippen LogP contribution in [0.15, 0.2) is 70.1 Å². The van der Waals surface area contributed by atoms with Gasteiger partial charge in [0.15, 0.2) is 5.43 Å². The quantitative estimate of drug-likeness (QED) is 0.544. The van der Waals surface area contributed by atoms with Crippen LogP contribution >= 0.6 is 0 Å². The smallest absolute Gasteiger partial charge is 0.291 e. The van der Waals surface area contributed by atoms with Crippen molar-refractivity contribution < 1.29 is 14.3 Å². The monoisotopic (exact) mass is 412 g/mol. The van der Waals surface area contributed by atoms with Gasteiger partial charge < -0.3 is 14.4 Å². The van der Waals surface area contributed by atoms with Crippen molar-refractivity contribution in [3.63, 3.8) is 0 Å². The molecule has 0 saturated heterocycles. The van der Waals surface area contributed by atoms with Gasteiger partial charge in [0.2, 0.25) is 5.76 Å². The average Bonchev–Trinajstić information content (AvgIpc) is 3.02. The van der Waals surface area contributed by atoms with Crippen LogP contribution in [0.5, 0.6) is 5.75 Å². The Morgan fingerprint density at radius 3 is 2.68 bits per heavy atom. The van der Waals surface area contributed by atoms with Gasteiger partial charge >= 0.3 is 0 Å². The van der Waals surface area contributed by atoms with E-state index in [0.717, 1.165) is 16.7 Å². The molecule has 1 aliphatic rings. The van der Waals surface area contributed by atoms with E-state index in [1.807, 2.05) is 26.0 Å². The molecule has 6 heteroatoms. The molecule has 0 saturated carbocycles. The van der Waals surface area contributed by atoms with Crippen molar-refractivity contribution in [2.45, 2.75) is 26.4 Å². The van der Waals surface area contributed by atoms with Crippen molar-refractivity contribution in [3.8, 4) is 5.75 Å². The van der Waals surface area contributed by atoms with E-state index in [-0.39, 0.29) is 29.4 Å². The fourth-order valence-corrected chi connectivity index (χ4v) is 4.37. The van der Waals surface area contributed by atoms with E-state index in [1.54, 1.807) is 53.7 Å². The van der Waals surface area contributed by atoms with Gasteiger partial charge in [0.05, 0.1) is 17.0 Å². The van der Waals surface area contributed by atoms with Gasteiger partial charge in [-0.1, -0.05) is 24.3 Å². The summed E-state index contributed by atoms with van der Waals surface area (Å²) in [6.07, 6.45) is 3.36. The number of phenols is 1. The second-order valence-electron chi connectivity index (χ2n) is 7.92. The molecule has 6 nitrogen and oxygen atoms in total. The van der Waals surface area contributed by atoms with Gasteiger partial charge in [-0.2, -0.15) is 0 Å². The molecular weight excluding hydrogens is 392 g/mol. The van der Waals surface area contributed by atoms with Crippen molar-refractivity contribution in [3.05, 3.63) is 105 Å². The van der Waals surface area contributed by atoms with Gasteiger partial charge in [-0.05, 0) is 60.4 Å². The van der Waals surface area contributed by atoms with Crippen LogP contribution in [-0.2, 0) is 6.54 Å². The molecule has 154 valence electrons. The van der Waals surface area contributed by atoms with Gasteiger partial charge in [-0.3, -0.25) is 14.6 Å². The Hall–Kier alpha value is -3.93. The summed E-state index contributed by atoms with van der Waals surface area (Å²) in [4.78, 5) is 32.8. The maximum Gasteiger partial charge on any atom is 0.291 e. The predicted molar refractivity (Wildman–Crippen MR) is 116 cm³/mol. The second-order valence-corrected chi connectivity index (χ2v) is 7.92. The highest BCUT2D eigenvalue weighted by molar-refractivity contribution is 5.99. The molecule has 1 atom stereocenters. The lowest BCUT2D eigenvalue weighted by atomic mass is 9.97. The number of aryl methyl sites for hydroxylation is 2. The van der Waals surface area contributed by atoms with Crippen LogP contribution in [0.3, 0.4) is 0 Å². The molecule has 1 N–H and O–H groups in total. The maximum atomic E-state index is 13.6. The zero-order valence-electron chi connectivity index (χ0n) is 17.1. The first-order chi connectivity index (χ1) is 14.9. The van der Waals surface area contributed by atoms with Gasteiger partial charge in [0.25, 0.3) is 5.91 Å². The Balaban J connectivity index is 1.77. The Morgan fingerprint density at radius 2 is 1.94 bits per heavy atom. The standard InChI is InChI=1S/C25H20N2O4/c1-14-9-15(2)23-19(10-14)22(29)20-21(17-6-3-7-18(28)11-17)27(25(30)24(20)31-23)13-16-5-4-8-26-12-16/h3-12,21,28H,13H2,1-2H3/t21-/m0/s1. The topological polar surface area (TPSA) is 83.6 Å². The van der Waals surface area contributed by atoms with Crippen LogP contribution in [0.4, 0.5) is 0 Å². The number of aromatic hydroxyl groups is 1. The first kappa shape index (κ1) is 19.1. The van der Waals surface area contributed by atoms with Crippen LogP contribution < -0.4 is 5.43 Å². The third-order valence-electron chi connectivity index (χ3n) is 5.66. The number of rotatable bonds is 3. The lowest BCUT2D eigenvalue weighted by Crippen LogP contribution is -2.29. The van der Waals surface area contributed by atoms with Crippen molar-refractivity contribution in [2.24, 2.45) is 0 Å². The molecule has 3 heterocycles. The highest BCUT2D eigenvalue weighted by atomic mass is 16.3. The molecule has 1 aliphatic heterocycles. The first-order valence-corrected chi connectivity index (χ1v) is 10.0. The zero-order chi connectivity index (χ0) is 21.7. The number of nitrogens with zero attached hydrogens (tertiary/aromatic N) is 2. The van der Waals surface area contributed by atoms with E-state index in [0.29, 0.717) is 22.1 Å². The Labute approximate surface area is 178 Å². The highest BCUT2D eigenvalue weighted by Gasteiger charge is 2.43. The lowest BCUT2D eigenvalue weighted by molar-refractivity contribution is 0.0714. The van der Waals surface area contributed by atoms with E-state index in [9.17, 15) is 14.7 Å². The third-order valence-corrected chi connectivity index (χ3v) is 5.66. The van der Waals surface area contributed by atoms with E-state index >= 15 is 0 Å². The Bertz CT molecular complexity index is 1390. The molecule has 31 heavy (non-hydrogen) atoms. The first-order valence-electron chi connectivity index (χ1n) is 10.0. The van der Waals surface area contributed by atoms with Crippen LogP contribution in [0.1, 0.15) is 44.4 Å². The average molecular weight is 412 g/mol. The largest absolute Gasteiger partial charge is 0.508 e. The number of amides is 1. The number of carbonyl (C=O) groups excluding carboxylic acids is 1. The van der Waals surface area contributed by atoms with Gasteiger partial charge in [0, 0.05) is 18.9 Å². The zero-order valence-corrected chi connectivity index (χ0v) is 17.1. The summed E-state index contributed by atoms with van der Waals surface area (Å²) in [6.45, 7) is 4.04. The molecule has 0 bridgehead atoms. The molecule has 1 amide bonds. The number of hydrogen-bond acceptors (Lipinski definition) is 5. The van der Waals surface area contributed by atoms with Crippen molar-refractivity contribution in [1.82, 2.24) is 9.88 Å². The minimum Gasteiger partial charge on any atom is -0.508 e. The molecule has 0 aliphatic carbocycles. The van der Waals surface area contributed by atoms with Gasteiger partial charge in [-0.25, -0.2) is 0 Å². The molecule has 4 aromatic rings. The van der Waals surface area contributed by atoms with E-state index < -0.39 is 6.04 Å². The minimum absolute atomic E-state index is 0.0571. The normalized spacial score (nSPS) is 15.5. The van der Waals surface area contributed by atoms with E-state index in [4.69, 9.17) is 4.42 Å². The Kier molecular flexibility index (Phi) is 4.36. The van der Waals surface area contributed by atoms with Crippen LogP contribution in [0, 0.1) is 13.8 Å². The van der Waals surface area contributed by atoms with Crippen molar-refractivity contribution >= 4 is 16.9 Å². The summed E-state index contributed by atoms with van der Waals surface area (Å²) in [5.41, 5.74) is 3.74. The summed E-state index contributed by atoms with van der Waals surface area (Å²) in [7, 11) is 0. The Morgan fingerprint density at radius 1 is 1.10 bits per heavy atom. The number of phenolic OH excluding ortho intramolecular Hbond substituents is 1. The molecule has 0 radical (unpaired) electrons. The molecule has 5 rings (SSSR count). The number of fused-ring (bicyclic) bond motifs is 2. The molecule has 0 spiro atoms. The fraction of sp³-hybridized carbons (Fsp3) is 0.160. The van der Waals surface area contributed by atoms with E-state index in [2.05, 4.69) is 4.98 Å². The molecular formula is C25H20N2O4. The number of hydrogen-bond donors (Lipinski definition) is 1. The van der Waals surface area contributed by atoms with E-state index in [1.165, 1.54) is 0 Å². The highest BCUT2D eigenvalue weighted by Crippen LogP contribution is 2.40. The maximum absolute atomic E-state index is 13.6. The van der Waals surface area contributed by atoms with Crippen LogP contribution in [0.25, 0.3) is 11.0 Å². The van der Waals surface area contributed by atoms with Crippen LogP contribution in [-0.4, -0.2) is 20.9 Å². The summed E-state index contributed by atoms with van der Waals surface area (Å²) in [6, 6.07) is 13.4.